The highest BCUT2D eigenvalue weighted by molar-refractivity contribution is 7.99. The third-order valence-electron chi connectivity index (χ3n) is 4.80. The predicted molar refractivity (Wildman–Crippen MR) is 130 cm³/mol. The smallest absolute Gasteiger partial charge is 0.224 e. The zero-order valence-corrected chi connectivity index (χ0v) is 18.8. The summed E-state index contributed by atoms with van der Waals surface area (Å²) < 4.78 is 1.20. The van der Waals surface area contributed by atoms with Crippen molar-refractivity contribution in [3.8, 4) is 10.6 Å². The highest BCUT2D eigenvalue weighted by Gasteiger charge is 2.08. The summed E-state index contributed by atoms with van der Waals surface area (Å²) in [6.07, 6.45) is 1.38. The summed E-state index contributed by atoms with van der Waals surface area (Å²) in [6, 6.07) is 22.8. The number of thioether (sulfide) groups is 1. The Hall–Kier alpha value is -2.63. The van der Waals surface area contributed by atoms with Gasteiger partial charge in [-0.3, -0.25) is 4.79 Å². The van der Waals surface area contributed by atoms with Gasteiger partial charge in [-0.1, -0.05) is 23.8 Å². The fraction of sp³-hybridized carbons (Fsp3) is 0.200. The molecule has 152 valence electrons. The molecule has 3 nitrogen and oxygen atoms in total. The molecule has 0 radical (unpaired) electrons. The lowest BCUT2D eigenvalue weighted by Gasteiger charge is -2.06. The normalized spacial score (nSPS) is 11.0. The minimum absolute atomic E-state index is 0.0581. The number of anilines is 1. The third-order valence-corrected chi connectivity index (χ3v) is 6.96. The van der Waals surface area contributed by atoms with E-state index in [0.717, 1.165) is 33.9 Å². The first-order valence-corrected chi connectivity index (χ1v) is 11.8. The quantitative estimate of drug-likeness (QED) is 0.250. The number of aromatic nitrogens is 1. The van der Waals surface area contributed by atoms with Crippen molar-refractivity contribution >= 4 is 44.9 Å². The molecule has 1 aromatic heterocycles. The van der Waals surface area contributed by atoms with Gasteiger partial charge in [-0.2, -0.15) is 0 Å². The second-order valence-electron chi connectivity index (χ2n) is 7.38. The van der Waals surface area contributed by atoms with Gasteiger partial charge >= 0.3 is 0 Å². The van der Waals surface area contributed by atoms with E-state index in [0.29, 0.717) is 6.42 Å². The van der Waals surface area contributed by atoms with Gasteiger partial charge in [-0.05, 0) is 80.1 Å². The summed E-state index contributed by atoms with van der Waals surface area (Å²) in [5, 5.41) is 4.00. The Morgan fingerprint density at radius 1 is 0.967 bits per heavy atom. The van der Waals surface area contributed by atoms with Gasteiger partial charge in [0.05, 0.1) is 10.2 Å². The van der Waals surface area contributed by atoms with Crippen molar-refractivity contribution in [1.29, 1.82) is 0 Å². The van der Waals surface area contributed by atoms with Crippen molar-refractivity contribution in [2.45, 2.75) is 31.6 Å². The SMILES string of the molecule is Cc1ccc(SCCCC(=O)Nc2ccc(-c3nc4ccc(C)cc4s3)cc2)cc1. The van der Waals surface area contributed by atoms with Crippen LogP contribution in [0.1, 0.15) is 24.0 Å². The number of benzene rings is 3. The fourth-order valence-corrected chi connectivity index (χ4v) is 5.05. The molecular weight excluding hydrogens is 408 g/mol. The van der Waals surface area contributed by atoms with Gasteiger partial charge < -0.3 is 5.32 Å². The number of amides is 1. The minimum Gasteiger partial charge on any atom is -0.326 e. The van der Waals surface area contributed by atoms with Crippen LogP contribution in [-0.2, 0) is 4.79 Å². The lowest BCUT2D eigenvalue weighted by Crippen LogP contribution is -2.11. The van der Waals surface area contributed by atoms with Crippen LogP contribution in [0.25, 0.3) is 20.8 Å². The van der Waals surface area contributed by atoms with Crippen molar-refractivity contribution in [2.75, 3.05) is 11.1 Å². The Kier molecular flexibility index (Phi) is 6.50. The molecule has 0 fully saturated rings. The van der Waals surface area contributed by atoms with E-state index in [2.05, 4.69) is 61.6 Å². The van der Waals surface area contributed by atoms with Gasteiger partial charge in [0, 0.05) is 22.6 Å². The molecule has 5 heteroatoms. The molecule has 0 unspecified atom stereocenters. The van der Waals surface area contributed by atoms with Gasteiger partial charge in [0.1, 0.15) is 5.01 Å². The van der Waals surface area contributed by atoms with E-state index in [9.17, 15) is 4.79 Å². The largest absolute Gasteiger partial charge is 0.326 e. The molecule has 1 amide bonds. The minimum atomic E-state index is 0.0581. The van der Waals surface area contributed by atoms with Crippen LogP contribution in [0.3, 0.4) is 0 Å². The van der Waals surface area contributed by atoms with E-state index in [1.54, 1.807) is 23.1 Å². The molecule has 3 aromatic carbocycles. The summed E-state index contributed by atoms with van der Waals surface area (Å²) in [4.78, 5) is 18.2. The molecule has 0 bridgehead atoms. The highest BCUT2D eigenvalue weighted by Crippen LogP contribution is 2.31. The maximum Gasteiger partial charge on any atom is 0.224 e. The molecule has 0 atom stereocenters. The summed E-state index contributed by atoms with van der Waals surface area (Å²) in [5.74, 6) is 0.995. The van der Waals surface area contributed by atoms with Crippen LogP contribution in [0.4, 0.5) is 5.69 Å². The number of nitrogens with one attached hydrogen (secondary N) is 1. The third kappa shape index (κ3) is 5.29. The summed E-state index contributed by atoms with van der Waals surface area (Å²) in [5.41, 5.74) is 5.44. The van der Waals surface area contributed by atoms with E-state index in [-0.39, 0.29) is 5.91 Å². The van der Waals surface area contributed by atoms with Crippen LogP contribution in [0.5, 0.6) is 0 Å². The van der Waals surface area contributed by atoms with Crippen LogP contribution < -0.4 is 5.32 Å². The molecule has 30 heavy (non-hydrogen) atoms. The van der Waals surface area contributed by atoms with Gasteiger partial charge in [0.2, 0.25) is 5.91 Å². The van der Waals surface area contributed by atoms with Crippen molar-refractivity contribution < 1.29 is 4.79 Å². The Labute approximate surface area is 185 Å². The number of thiazole rings is 1. The number of nitrogens with zero attached hydrogens (tertiary/aromatic N) is 1. The van der Waals surface area contributed by atoms with Crippen LogP contribution in [-0.4, -0.2) is 16.6 Å². The van der Waals surface area contributed by atoms with Crippen LogP contribution in [0.15, 0.2) is 71.6 Å². The number of hydrogen-bond donors (Lipinski definition) is 1. The van der Waals surface area contributed by atoms with Crippen LogP contribution in [0.2, 0.25) is 0 Å². The second-order valence-corrected chi connectivity index (χ2v) is 9.58. The van der Waals surface area contributed by atoms with Crippen molar-refractivity contribution in [3.63, 3.8) is 0 Å². The van der Waals surface area contributed by atoms with Crippen LogP contribution >= 0.6 is 23.1 Å². The Morgan fingerprint density at radius 3 is 2.47 bits per heavy atom. The molecule has 1 N–H and O–H groups in total. The lowest BCUT2D eigenvalue weighted by molar-refractivity contribution is -0.116. The summed E-state index contributed by atoms with van der Waals surface area (Å²) >= 11 is 3.49. The molecular formula is C25H24N2OS2. The molecule has 1 heterocycles. The Balaban J connectivity index is 1.28. The number of carbonyl (C=O) groups excluding carboxylic acids is 1. The Bertz CT molecular complexity index is 1150. The summed E-state index contributed by atoms with van der Waals surface area (Å²) in [6.45, 7) is 4.18. The first-order chi connectivity index (χ1) is 14.6. The number of hydrogen-bond acceptors (Lipinski definition) is 4. The average Bonchev–Trinajstić information content (AvgIpc) is 3.16. The van der Waals surface area contributed by atoms with Crippen LogP contribution in [0, 0.1) is 13.8 Å². The number of carbonyl (C=O) groups is 1. The maximum atomic E-state index is 12.2. The van der Waals surface area contributed by atoms with E-state index in [1.807, 2.05) is 24.3 Å². The average molecular weight is 433 g/mol. The highest BCUT2D eigenvalue weighted by atomic mass is 32.2. The van der Waals surface area contributed by atoms with E-state index >= 15 is 0 Å². The van der Waals surface area contributed by atoms with Gasteiger partial charge in [0.15, 0.2) is 0 Å². The summed E-state index contributed by atoms with van der Waals surface area (Å²) in [7, 11) is 0. The number of rotatable bonds is 7. The van der Waals surface area contributed by atoms with Gasteiger partial charge in [-0.25, -0.2) is 4.98 Å². The van der Waals surface area contributed by atoms with Gasteiger partial charge in [0.25, 0.3) is 0 Å². The molecule has 0 saturated carbocycles. The number of fused-ring (bicyclic) bond motifs is 1. The monoisotopic (exact) mass is 432 g/mol. The molecule has 0 aliphatic rings. The number of aryl methyl sites for hydroxylation is 2. The molecule has 0 aliphatic heterocycles. The standard InChI is InChI=1S/C25H24N2OS2/c1-17-5-12-21(13-6-17)29-15-3-4-24(28)26-20-10-8-19(9-11-20)25-27-22-14-7-18(2)16-23(22)30-25/h5-14,16H,3-4,15H2,1-2H3,(H,26,28). The first-order valence-electron chi connectivity index (χ1n) is 10.0. The molecule has 0 aliphatic carbocycles. The lowest BCUT2D eigenvalue weighted by atomic mass is 10.2. The molecule has 4 rings (SSSR count). The van der Waals surface area contributed by atoms with Crippen molar-refractivity contribution in [3.05, 3.63) is 77.9 Å². The topological polar surface area (TPSA) is 42.0 Å². The predicted octanol–water partition coefficient (Wildman–Crippen LogP) is 7.09. The van der Waals surface area contributed by atoms with Crippen molar-refractivity contribution in [1.82, 2.24) is 4.98 Å². The molecule has 4 aromatic rings. The zero-order chi connectivity index (χ0) is 20.9. The zero-order valence-electron chi connectivity index (χ0n) is 17.1. The fourth-order valence-electron chi connectivity index (χ4n) is 3.13. The van der Waals surface area contributed by atoms with Gasteiger partial charge in [-0.15, -0.1) is 23.1 Å². The first kappa shape index (κ1) is 20.6. The molecule has 0 saturated heterocycles. The van der Waals surface area contributed by atoms with E-state index in [4.69, 9.17) is 4.98 Å². The van der Waals surface area contributed by atoms with Crippen molar-refractivity contribution in [2.24, 2.45) is 0 Å². The van der Waals surface area contributed by atoms with E-state index in [1.165, 1.54) is 20.7 Å². The Morgan fingerprint density at radius 2 is 1.70 bits per heavy atom. The molecule has 0 spiro atoms. The maximum absolute atomic E-state index is 12.2. The second kappa shape index (κ2) is 9.45. The van der Waals surface area contributed by atoms with E-state index < -0.39 is 0 Å².